The lowest BCUT2D eigenvalue weighted by Crippen LogP contribution is -2.18. The van der Waals surface area contributed by atoms with Crippen LogP contribution < -0.4 is 10.9 Å². The molecule has 6 nitrogen and oxygen atoms in total. The third kappa shape index (κ3) is 3.22. The van der Waals surface area contributed by atoms with Gasteiger partial charge in [-0.15, -0.1) is 11.3 Å². The molecule has 0 fully saturated rings. The Kier molecular flexibility index (Phi) is 4.45. The molecular formula is C19H14BrN3O3S. The summed E-state index contributed by atoms with van der Waals surface area (Å²) in [4.78, 5) is 30.1. The number of rotatable bonds is 3. The first-order valence-corrected chi connectivity index (χ1v) is 9.76. The number of hydrogen-bond donors (Lipinski definition) is 1. The number of hydrogen-bond acceptors (Lipinski definition) is 5. The van der Waals surface area contributed by atoms with Gasteiger partial charge >= 0.3 is 0 Å². The Hall–Kier alpha value is -2.71. The van der Waals surface area contributed by atoms with Crippen molar-refractivity contribution in [2.75, 3.05) is 5.32 Å². The standard InChI is InChI=1S/C19H14BrN3O3S/c1-10-11(2)21-19-23(18(10)25)14(9-27-19)12-4-3-5-13(8-12)22-17(24)15-6-7-16(20)26-15/h3-9H,1-2H3,(H,22,24). The van der Waals surface area contributed by atoms with E-state index in [0.717, 1.165) is 17.0 Å². The molecule has 1 amide bonds. The molecule has 4 aromatic rings. The Morgan fingerprint density at radius 2 is 2.07 bits per heavy atom. The fourth-order valence-electron chi connectivity index (χ4n) is 2.72. The molecule has 0 atom stereocenters. The van der Waals surface area contributed by atoms with Gasteiger partial charge < -0.3 is 9.73 Å². The number of aromatic nitrogens is 2. The van der Waals surface area contributed by atoms with Gasteiger partial charge in [0.05, 0.1) is 5.69 Å². The van der Waals surface area contributed by atoms with Crippen LogP contribution in [0.2, 0.25) is 0 Å². The first-order valence-electron chi connectivity index (χ1n) is 8.08. The predicted octanol–water partition coefficient (Wildman–Crippen LogP) is 4.65. The van der Waals surface area contributed by atoms with Crippen LogP contribution in [0, 0.1) is 13.8 Å². The maximum Gasteiger partial charge on any atom is 0.291 e. The zero-order valence-electron chi connectivity index (χ0n) is 14.4. The summed E-state index contributed by atoms with van der Waals surface area (Å²) in [5.74, 6) is -0.141. The number of benzene rings is 1. The summed E-state index contributed by atoms with van der Waals surface area (Å²) in [7, 11) is 0. The molecule has 0 radical (unpaired) electrons. The lowest BCUT2D eigenvalue weighted by Gasteiger charge is -2.07. The molecule has 1 aromatic carbocycles. The van der Waals surface area contributed by atoms with Crippen molar-refractivity contribution in [1.29, 1.82) is 0 Å². The van der Waals surface area contributed by atoms with Crippen molar-refractivity contribution >= 4 is 43.8 Å². The maximum atomic E-state index is 12.7. The molecule has 0 bridgehead atoms. The Morgan fingerprint density at radius 3 is 2.81 bits per heavy atom. The Balaban J connectivity index is 1.73. The molecule has 0 saturated heterocycles. The van der Waals surface area contributed by atoms with Crippen LogP contribution in [0.15, 0.2) is 55.7 Å². The highest BCUT2D eigenvalue weighted by atomic mass is 79.9. The minimum atomic E-state index is -0.349. The topological polar surface area (TPSA) is 76.6 Å². The minimum Gasteiger partial charge on any atom is -0.444 e. The number of carbonyl (C=O) groups excluding carboxylic acids is 1. The van der Waals surface area contributed by atoms with Crippen LogP contribution in [0.3, 0.4) is 0 Å². The van der Waals surface area contributed by atoms with Crippen LogP contribution in [0.4, 0.5) is 5.69 Å². The van der Waals surface area contributed by atoms with Crippen LogP contribution in [0.25, 0.3) is 16.2 Å². The molecule has 0 aliphatic rings. The highest BCUT2D eigenvalue weighted by Gasteiger charge is 2.14. The summed E-state index contributed by atoms with van der Waals surface area (Å²) in [5.41, 5.74) is 3.44. The van der Waals surface area contributed by atoms with Crippen molar-refractivity contribution in [2.24, 2.45) is 0 Å². The number of anilines is 1. The lowest BCUT2D eigenvalue weighted by atomic mass is 10.1. The van der Waals surface area contributed by atoms with Gasteiger partial charge in [-0.3, -0.25) is 14.0 Å². The zero-order chi connectivity index (χ0) is 19.1. The molecule has 0 aliphatic carbocycles. The van der Waals surface area contributed by atoms with Gasteiger partial charge in [-0.1, -0.05) is 12.1 Å². The number of nitrogens with zero attached hydrogens (tertiary/aromatic N) is 2. The van der Waals surface area contributed by atoms with Crippen molar-refractivity contribution in [3.05, 3.63) is 73.8 Å². The van der Waals surface area contributed by atoms with Gasteiger partial charge in [-0.25, -0.2) is 4.98 Å². The number of carbonyl (C=O) groups is 1. The van der Waals surface area contributed by atoms with Crippen LogP contribution in [0.1, 0.15) is 21.8 Å². The van der Waals surface area contributed by atoms with E-state index in [2.05, 4.69) is 26.2 Å². The highest BCUT2D eigenvalue weighted by Crippen LogP contribution is 2.27. The second kappa shape index (κ2) is 6.79. The first kappa shape index (κ1) is 17.7. The number of nitrogens with one attached hydrogen (secondary N) is 1. The molecule has 136 valence electrons. The summed E-state index contributed by atoms with van der Waals surface area (Å²) in [6, 6.07) is 10.6. The van der Waals surface area contributed by atoms with E-state index < -0.39 is 0 Å². The Morgan fingerprint density at radius 1 is 1.26 bits per heavy atom. The molecule has 0 aliphatic heterocycles. The van der Waals surface area contributed by atoms with Crippen LogP contribution in [-0.4, -0.2) is 15.3 Å². The Labute approximate surface area is 166 Å². The average molecular weight is 444 g/mol. The van der Waals surface area contributed by atoms with Crippen molar-refractivity contribution < 1.29 is 9.21 Å². The second-order valence-corrected chi connectivity index (χ2v) is 7.62. The number of aryl methyl sites for hydroxylation is 1. The van der Waals surface area contributed by atoms with E-state index >= 15 is 0 Å². The van der Waals surface area contributed by atoms with Crippen molar-refractivity contribution in [2.45, 2.75) is 13.8 Å². The fraction of sp³-hybridized carbons (Fsp3) is 0.105. The monoisotopic (exact) mass is 443 g/mol. The third-order valence-corrected chi connectivity index (χ3v) is 5.50. The molecule has 0 spiro atoms. The molecule has 3 heterocycles. The third-order valence-electron chi connectivity index (χ3n) is 4.25. The van der Waals surface area contributed by atoms with Crippen molar-refractivity contribution in [1.82, 2.24) is 9.38 Å². The molecule has 3 aromatic heterocycles. The van der Waals surface area contributed by atoms with Crippen molar-refractivity contribution in [3.8, 4) is 11.3 Å². The number of thiazole rings is 1. The molecule has 1 N–H and O–H groups in total. The van der Waals surface area contributed by atoms with Crippen LogP contribution in [0.5, 0.6) is 0 Å². The van der Waals surface area contributed by atoms with Crippen molar-refractivity contribution in [3.63, 3.8) is 0 Å². The lowest BCUT2D eigenvalue weighted by molar-refractivity contribution is 0.0995. The van der Waals surface area contributed by atoms with E-state index in [4.69, 9.17) is 4.42 Å². The molecule has 27 heavy (non-hydrogen) atoms. The van der Waals surface area contributed by atoms with Gasteiger partial charge in [0.25, 0.3) is 11.5 Å². The molecule has 0 saturated carbocycles. The van der Waals surface area contributed by atoms with E-state index in [1.807, 2.05) is 30.5 Å². The average Bonchev–Trinajstić information content (AvgIpc) is 3.26. The van der Waals surface area contributed by atoms with Gasteiger partial charge in [0, 0.05) is 27.9 Å². The second-order valence-electron chi connectivity index (χ2n) is 6.00. The fourth-order valence-corrected chi connectivity index (χ4v) is 3.96. The van der Waals surface area contributed by atoms with E-state index in [1.165, 1.54) is 11.3 Å². The van der Waals surface area contributed by atoms with Gasteiger partial charge in [0.1, 0.15) is 0 Å². The summed E-state index contributed by atoms with van der Waals surface area (Å²) in [6.07, 6.45) is 0. The normalized spacial score (nSPS) is 11.1. The number of halogens is 1. The maximum absolute atomic E-state index is 12.7. The molecule has 8 heteroatoms. The smallest absolute Gasteiger partial charge is 0.291 e. The summed E-state index contributed by atoms with van der Waals surface area (Å²) in [5, 5.41) is 4.70. The predicted molar refractivity (Wildman–Crippen MR) is 109 cm³/mol. The van der Waals surface area contributed by atoms with Crippen LogP contribution in [-0.2, 0) is 0 Å². The SMILES string of the molecule is Cc1nc2scc(-c3cccc(NC(=O)c4ccc(Br)o4)c3)n2c(=O)c1C. The summed E-state index contributed by atoms with van der Waals surface area (Å²) >= 11 is 4.59. The number of amides is 1. The number of fused-ring (bicyclic) bond motifs is 1. The van der Waals surface area contributed by atoms with Gasteiger partial charge in [0.15, 0.2) is 15.4 Å². The van der Waals surface area contributed by atoms with Gasteiger partial charge in [0.2, 0.25) is 0 Å². The van der Waals surface area contributed by atoms with E-state index in [0.29, 0.717) is 20.9 Å². The Bertz CT molecular complexity index is 1240. The number of furan rings is 1. The van der Waals surface area contributed by atoms with Crippen LogP contribution >= 0.6 is 27.3 Å². The summed E-state index contributed by atoms with van der Waals surface area (Å²) in [6.45, 7) is 3.61. The first-order chi connectivity index (χ1) is 12.9. The molecule has 4 rings (SSSR count). The largest absolute Gasteiger partial charge is 0.444 e. The minimum absolute atomic E-state index is 0.0800. The summed E-state index contributed by atoms with van der Waals surface area (Å²) < 4.78 is 7.37. The molecule has 0 unspecified atom stereocenters. The van der Waals surface area contributed by atoms with E-state index in [1.54, 1.807) is 29.5 Å². The van der Waals surface area contributed by atoms with E-state index in [9.17, 15) is 9.59 Å². The highest BCUT2D eigenvalue weighted by molar-refractivity contribution is 9.10. The zero-order valence-corrected chi connectivity index (χ0v) is 16.8. The van der Waals surface area contributed by atoms with E-state index in [-0.39, 0.29) is 17.2 Å². The van der Waals surface area contributed by atoms with Gasteiger partial charge in [-0.05, 0) is 54.0 Å². The van der Waals surface area contributed by atoms with Gasteiger partial charge in [-0.2, -0.15) is 0 Å². The quantitative estimate of drug-likeness (QED) is 0.499. The molecular weight excluding hydrogens is 430 g/mol.